The molecule has 22 heavy (non-hydrogen) atoms. The molecule has 0 saturated carbocycles. The van der Waals surface area contributed by atoms with Crippen LogP contribution in [0.2, 0.25) is 0 Å². The van der Waals surface area contributed by atoms with Gasteiger partial charge in [-0.1, -0.05) is 12.1 Å². The first kappa shape index (κ1) is 17.1. The molecule has 6 nitrogen and oxygen atoms in total. The van der Waals surface area contributed by atoms with E-state index >= 15 is 0 Å². The lowest BCUT2D eigenvalue weighted by atomic mass is 10.2. The number of rotatable bonds is 4. The Labute approximate surface area is 136 Å². The van der Waals surface area contributed by atoms with Gasteiger partial charge in [0, 0.05) is 38.7 Å². The molecule has 1 aliphatic rings. The number of aliphatic imine (C=N–C) groups is 1. The maximum atomic E-state index is 12.0. The van der Waals surface area contributed by atoms with Crippen LogP contribution in [0.5, 0.6) is 0 Å². The number of thioether (sulfide) groups is 1. The minimum Gasteiger partial charge on any atom is -0.370 e. The molecule has 0 aromatic heterocycles. The number of benzene rings is 1. The summed E-state index contributed by atoms with van der Waals surface area (Å²) < 4.78 is 25.2. The molecule has 1 aromatic rings. The molecule has 0 unspecified atom stereocenters. The van der Waals surface area contributed by atoms with E-state index < -0.39 is 10.0 Å². The van der Waals surface area contributed by atoms with Gasteiger partial charge in [0.1, 0.15) is 0 Å². The van der Waals surface area contributed by atoms with Crippen LogP contribution in [0.25, 0.3) is 0 Å². The average Bonchev–Trinajstić information content (AvgIpc) is 2.53. The number of sulfonamides is 1. The van der Waals surface area contributed by atoms with Gasteiger partial charge in [-0.2, -0.15) is 11.8 Å². The molecule has 0 radical (unpaired) electrons. The molecule has 0 aliphatic carbocycles. The number of nitrogens with zero attached hydrogens (tertiary/aromatic N) is 3. The minimum absolute atomic E-state index is 0.284. The van der Waals surface area contributed by atoms with Gasteiger partial charge in [0.25, 0.3) is 0 Å². The van der Waals surface area contributed by atoms with Crippen molar-refractivity contribution in [3.05, 3.63) is 29.8 Å². The van der Waals surface area contributed by atoms with Crippen LogP contribution < -0.4 is 5.73 Å². The smallest absolute Gasteiger partial charge is 0.242 e. The molecule has 0 atom stereocenters. The predicted octanol–water partition coefficient (Wildman–Crippen LogP) is 0.800. The van der Waals surface area contributed by atoms with E-state index in [2.05, 4.69) is 9.89 Å². The van der Waals surface area contributed by atoms with E-state index in [4.69, 9.17) is 5.73 Å². The zero-order valence-corrected chi connectivity index (χ0v) is 14.5. The maximum Gasteiger partial charge on any atom is 0.242 e. The molecular formula is C14H22N4O2S2. The average molecular weight is 342 g/mol. The van der Waals surface area contributed by atoms with Gasteiger partial charge >= 0.3 is 0 Å². The summed E-state index contributed by atoms with van der Waals surface area (Å²) in [6, 6.07) is 6.76. The second-order valence-electron chi connectivity index (χ2n) is 5.21. The zero-order valence-electron chi connectivity index (χ0n) is 12.9. The van der Waals surface area contributed by atoms with Crippen LogP contribution in [-0.4, -0.2) is 62.3 Å². The van der Waals surface area contributed by atoms with Crippen molar-refractivity contribution < 1.29 is 8.42 Å². The molecule has 8 heteroatoms. The van der Waals surface area contributed by atoms with Crippen molar-refractivity contribution in [3.8, 4) is 0 Å². The summed E-state index contributed by atoms with van der Waals surface area (Å²) in [6.45, 7) is 2.32. The summed E-state index contributed by atoms with van der Waals surface area (Å²) in [4.78, 5) is 6.76. The van der Waals surface area contributed by atoms with Crippen LogP contribution in [0.3, 0.4) is 0 Å². The summed E-state index contributed by atoms with van der Waals surface area (Å²) in [5, 5.41) is 0. The molecule has 1 fully saturated rings. The van der Waals surface area contributed by atoms with Gasteiger partial charge in [-0.25, -0.2) is 17.7 Å². The van der Waals surface area contributed by atoms with Gasteiger partial charge in [-0.15, -0.1) is 0 Å². The van der Waals surface area contributed by atoms with Crippen LogP contribution in [0.15, 0.2) is 34.2 Å². The van der Waals surface area contributed by atoms with Crippen molar-refractivity contribution in [3.63, 3.8) is 0 Å². The van der Waals surface area contributed by atoms with Gasteiger partial charge in [-0.3, -0.25) is 0 Å². The molecule has 1 aliphatic heterocycles. The molecule has 1 heterocycles. The molecule has 0 amide bonds. The fourth-order valence-electron chi connectivity index (χ4n) is 2.04. The van der Waals surface area contributed by atoms with Crippen molar-refractivity contribution in [1.82, 2.24) is 9.21 Å². The van der Waals surface area contributed by atoms with E-state index in [1.165, 1.54) is 18.4 Å². The SMILES string of the molecule is CN(C)S(=O)(=O)c1ccc(CN=C(N)N2CCSCC2)cc1. The second kappa shape index (κ2) is 7.34. The third-order valence-corrected chi connectivity index (χ3v) is 6.23. The predicted molar refractivity (Wildman–Crippen MR) is 91.5 cm³/mol. The van der Waals surface area contributed by atoms with E-state index in [-0.39, 0.29) is 4.90 Å². The first-order valence-corrected chi connectivity index (χ1v) is 9.65. The van der Waals surface area contributed by atoms with Crippen LogP contribution in [0.1, 0.15) is 5.56 Å². The van der Waals surface area contributed by atoms with Gasteiger partial charge in [0.05, 0.1) is 11.4 Å². The highest BCUT2D eigenvalue weighted by Crippen LogP contribution is 2.15. The largest absolute Gasteiger partial charge is 0.370 e. The van der Waals surface area contributed by atoms with Crippen molar-refractivity contribution in [2.75, 3.05) is 38.7 Å². The van der Waals surface area contributed by atoms with Gasteiger partial charge in [0.2, 0.25) is 10.0 Å². The van der Waals surface area contributed by atoms with E-state index in [1.54, 1.807) is 24.3 Å². The number of nitrogens with two attached hydrogens (primary N) is 1. The Kier molecular flexibility index (Phi) is 5.71. The Hall–Kier alpha value is -1.25. The topological polar surface area (TPSA) is 79.0 Å². The van der Waals surface area contributed by atoms with Gasteiger partial charge in [-0.05, 0) is 17.7 Å². The Bertz CT molecular complexity index is 621. The molecule has 2 rings (SSSR count). The van der Waals surface area contributed by atoms with Crippen LogP contribution in [0, 0.1) is 0 Å². The standard InChI is InChI=1S/C14H22N4O2S2/c1-17(2)22(19,20)13-5-3-12(4-6-13)11-16-14(15)18-7-9-21-10-8-18/h3-6H,7-11H2,1-2H3,(H2,15,16). The lowest BCUT2D eigenvalue weighted by Gasteiger charge is -2.27. The molecule has 122 valence electrons. The van der Waals surface area contributed by atoms with Crippen molar-refractivity contribution in [2.24, 2.45) is 10.7 Å². The first-order chi connectivity index (χ1) is 10.4. The summed E-state index contributed by atoms with van der Waals surface area (Å²) >= 11 is 1.92. The Morgan fingerprint density at radius 3 is 2.41 bits per heavy atom. The third kappa shape index (κ3) is 4.15. The lowest BCUT2D eigenvalue weighted by Crippen LogP contribution is -2.42. The maximum absolute atomic E-state index is 12.0. The highest BCUT2D eigenvalue weighted by molar-refractivity contribution is 7.99. The Morgan fingerprint density at radius 2 is 1.86 bits per heavy atom. The third-order valence-electron chi connectivity index (χ3n) is 3.46. The van der Waals surface area contributed by atoms with Crippen molar-refractivity contribution in [1.29, 1.82) is 0 Å². The summed E-state index contributed by atoms with van der Waals surface area (Å²) in [5.41, 5.74) is 6.94. The fourth-order valence-corrected chi connectivity index (χ4v) is 3.85. The number of hydrogen-bond acceptors (Lipinski definition) is 4. The zero-order chi connectivity index (χ0) is 16.2. The van der Waals surface area contributed by atoms with E-state index in [0.29, 0.717) is 12.5 Å². The Morgan fingerprint density at radius 1 is 1.27 bits per heavy atom. The number of guanidine groups is 1. The second-order valence-corrected chi connectivity index (χ2v) is 8.58. The fraction of sp³-hybridized carbons (Fsp3) is 0.500. The van der Waals surface area contributed by atoms with Crippen LogP contribution in [0.4, 0.5) is 0 Å². The lowest BCUT2D eigenvalue weighted by molar-refractivity contribution is 0.455. The molecular weight excluding hydrogens is 320 g/mol. The quantitative estimate of drug-likeness (QED) is 0.647. The Balaban J connectivity index is 2.02. The van der Waals surface area contributed by atoms with E-state index in [0.717, 1.165) is 30.2 Å². The highest BCUT2D eigenvalue weighted by Gasteiger charge is 2.16. The molecule has 0 bridgehead atoms. The first-order valence-electron chi connectivity index (χ1n) is 7.05. The van der Waals surface area contributed by atoms with E-state index in [9.17, 15) is 8.42 Å². The molecule has 1 saturated heterocycles. The van der Waals surface area contributed by atoms with Crippen molar-refractivity contribution in [2.45, 2.75) is 11.4 Å². The van der Waals surface area contributed by atoms with Gasteiger partial charge in [0.15, 0.2) is 5.96 Å². The molecule has 1 aromatic carbocycles. The summed E-state index contributed by atoms with van der Waals surface area (Å²) in [6.07, 6.45) is 0. The van der Waals surface area contributed by atoms with Crippen molar-refractivity contribution >= 4 is 27.7 Å². The molecule has 2 N–H and O–H groups in total. The van der Waals surface area contributed by atoms with Gasteiger partial charge < -0.3 is 10.6 Å². The number of hydrogen-bond donors (Lipinski definition) is 1. The molecule has 0 spiro atoms. The summed E-state index contributed by atoms with van der Waals surface area (Å²) in [7, 11) is -0.342. The van der Waals surface area contributed by atoms with E-state index in [1.807, 2.05) is 11.8 Å². The monoisotopic (exact) mass is 342 g/mol. The highest BCUT2D eigenvalue weighted by atomic mass is 32.2. The van der Waals surface area contributed by atoms with Crippen LogP contribution >= 0.6 is 11.8 Å². The van der Waals surface area contributed by atoms with Crippen LogP contribution in [-0.2, 0) is 16.6 Å². The normalized spacial score (nSPS) is 17.0. The minimum atomic E-state index is -3.38. The summed E-state index contributed by atoms with van der Waals surface area (Å²) in [5.74, 6) is 2.71.